The number of nitrogens with one attached hydrogen (secondary N) is 1. The Hall–Kier alpha value is -2.23. The SMILES string of the molecule is COC(=C1NC(=O)C=C1O)c1ccccc1. The summed E-state index contributed by atoms with van der Waals surface area (Å²) in [6, 6.07) is 9.26. The first-order valence-electron chi connectivity index (χ1n) is 4.78. The molecule has 0 atom stereocenters. The van der Waals surface area contributed by atoms with Crippen LogP contribution < -0.4 is 5.32 Å². The molecule has 1 heterocycles. The van der Waals surface area contributed by atoms with Crippen molar-refractivity contribution in [3.63, 3.8) is 0 Å². The van der Waals surface area contributed by atoms with E-state index < -0.39 is 0 Å². The highest BCUT2D eigenvalue weighted by Crippen LogP contribution is 2.23. The monoisotopic (exact) mass is 217 g/mol. The Bertz CT molecular complexity index is 474. The average Bonchev–Trinajstić information content (AvgIpc) is 2.61. The molecule has 16 heavy (non-hydrogen) atoms. The standard InChI is InChI=1S/C12H11NO3/c1-16-12(8-5-3-2-4-6-8)11-9(14)7-10(15)13-11/h2-7,14H,1H3,(H,13,15). The minimum Gasteiger partial charge on any atom is -0.505 e. The lowest BCUT2D eigenvalue weighted by molar-refractivity contribution is -0.115. The molecule has 0 radical (unpaired) electrons. The summed E-state index contributed by atoms with van der Waals surface area (Å²) < 4.78 is 5.20. The van der Waals surface area contributed by atoms with Crippen molar-refractivity contribution >= 4 is 11.7 Å². The van der Waals surface area contributed by atoms with Crippen molar-refractivity contribution in [2.45, 2.75) is 0 Å². The van der Waals surface area contributed by atoms with E-state index in [4.69, 9.17) is 4.74 Å². The van der Waals surface area contributed by atoms with E-state index in [1.54, 1.807) is 0 Å². The number of aliphatic hydroxyl groups is 1. The van der Waals surface area contributed by atoms with Crippen LogP contribution in [0, 0.1) is 0 Å². The van der Waals surface area contributed by atoms with Crippen LogP contribution in [0.1, 0.15) is 5.56 Å². The van der Waals surface area contributed by atoms with Crippen LogP contribution in [0.25, 0.3) is 5.76 Å². The van der Waals surface area contributed by atoms with Crippen molar-refractivity contribution in [3.8, 4) is 0 Å². The van der Waals surface area contributed by atoms with Crippen molar-refractivity contribution in [1.29, 1.82) is 0 Å². The lowest BCUT2D eigenvalue weighted by Gasteiger charge is -2.10. The quantitative estimate of drug-likeness (QED) is 0.739. The molecule has 2 rings (SSSR count). The Balaban J connectivity index is 2.48. The van der Waals surface area contributed by atoms with Gasteiger partial charge in [-0.15, -0.1) is 0 Å². The van der Waals surface area contributed by atoms with Gasteiger partial charge in [-0.25, -0.2) is 0 Å². The molecule has 2 N–H and O–H groups in total. The molecule has 1 aliphatic rings. The zero-order valence-corrected chi connectivity index (χ0v) is 8.73. The number of carbonyl (C=O) groups excluding carboxylic acids is 1. The molecule has 1 aromatic rings. The summed E-state index contributed by atoms with van der Waals surface area (Å²) in [6.07, 6.45) is 1.12. The van der Waals surface area contributed by atoms with Crippen molar-refractivity contribution in [2.24, 2.45) is 0 Å². The fourth-order valence-electron chi connectivity index (χ4n) is 1.55. The van der Waals surface area contributed by atoms with Crippen LogP contribution in [0.4, 0.5) is 0 Å². The van der Waals surface area contributed by atoms with Gasteiger partial charge in [-0.2, -0.15) is 0 Å². The molecule has 0 bridgehead atoms. The molecule has 0 spiro atoms. The van der Waals surface area contributed by atoms with E-state index in [0.717, 1.165) is 11.6 Å². The molecule has 4 nitrogen and oxygen atoms in total. The lowest BCUT2D eigenvalue weighted by Crippen LogP contribution is -2.16. The van der Waals surface area contributed by atoms with Gasteiger partial charge in [-0.05, 0) is 0 Å². The van der Waals surface area contributed by atoms with E-state index in [2.05, 4.69) is 5.32 Å². The highest BCUT2D eigenvalue weighted by Gasteiger charge is 2.22. The van der Waals surface area contributed by atoms with Crippen LogP contribution in [0.15, 0.2) is 47.9 Å². The molecule has 0 unspecified atom stereocenters. The average molecular weight is 217 g/mol. The summed E-state index contributed by atoms with van der Waals surface area (Å²) in [7, 11) is 1.49. The first kappa shape index (κ1) is 10.3. The van der Waals surface area contributed by atoms with Gasteiger partial charge < -0.3 is 15.2 Å². The van der Waals surface area contributed by atoms with E-state index in [9.17, 15) is 9.90 Å². The topological polar surface area (TPSA) is 58.6 Å². The molecule has 82 valence electrons. The number of methoxy groups -OCH3 is 1. The number of aliphatic hydroxyl groups excluding tert-OH is 1. The smallest absolute Gasteiger partial charge is 0.252 e. The van der Waals surface area contributed by atoms with Crippen LogP contribution in [-0.4, -0.2) is 18.1 Å². The van der Waals surface area contributed by atoms with Gasteiger partial charge in [0.25, 0.3) is 5.91 Å². The highest BCUT2D eigenvalue weighted by atomic mass is 16.5. The fourth-order valence-corrected chi connectivity index (χ4v) is 1.55. The lowest BCUT2D eigenvalue weighted by atomic mass is 10.1. The van der Waals surface area contributed by atoms with E-state index in [-0.39, 0.29) is 11.7 Å². The Morgan fingerprint density at radius 2 is 2.00 bits per heavy atom. The maximum Gasteiger partial charge on any atom is 0.252 e. The molecule has 0 fully saturated rings. The van der Waals surface area contributed by atoms with Gasteiger partial charge in [-0.1, -0.05) is 30.3 Å². The number of hydrogen-bond acceptors (Lipinski definition) is 3. The van der Waals surface area contributed by atoms with E-state index in [1.165, 1.54) is 7.11 Å². The third kappa shape index (κ3) is 1.77. The second-order valence-corrected chi connectivity index (χ2v) is 3.29. The maximum atomic E-state index is 11.1. The Morgan fingerprint density at radius 3 is 2.50 bits per heavy atom. The van der Waals surface area contributed by atoms with E-state index in [1.807, 2.05) is 30.3 Å². The molecular weight excluding hydrogens is 206 g/mol. The number of hydrogen-bond donors (Lipinski definition) is 2. The zero-order valence-electron chi connectivity index (χ0n) is 8.73. The molecular formula is C12H11NO3. The van der Waals surface area contributed by atoms with Crippen LogP contribution in [0.2, 0.25) is 0 Å². The predicted octanol–water partition coefficient (Wildman–Crippen LogP) is 1.57. The maximum absolute atomic E-state index is 11.1. The summed E-state index contributed by atoms with van der Waals surface area (Å²) in [4.78, 5) is 11.1. The predicted molar refractivity (Wildman–Crippen MR) is 59.2 cm³/mol. The fraction of sp³-hybridized carbons (Fsp3) is 0.0833. The van der Waals surface area contributed by atoms with Crippen molar-refractivity contribution in [3.05, 3.63) is 53.4 Å². The van der Waals surface area contributed by atoms with E-state index in [0.29, 0.717) is 11.5 Å². The summed E-state index contributed by atoms with van der Waals surface area (Å²) >= 11 is 0. The Kier molecular flexibility index (Phi) is 2.64. The first-order chi connectivity index (χ1) is 7.72. The summed E-state index contributed by atoms with van der Waals surface area (Å²) in [6.45, 7) is 0. The van der Waals surface area contributed by atoms with E-state index >= 15 is 0 Å². The van der Waals surface area contributed by atoms with Gasteiger partial charge in [0.1, 0.15) is 11.5 Å². The molecule has 1 aromatic carbocycles. The Morgan fingerprint density at radius 1 is 1.31 bits per heavy atom. The molecule has 1 amide bonds. The summed E-state index contributed by atoms with van der Waals surface area (Å²) in [5.41, 5.74) is 1.10. The van der Waals surface area contributed by atoms with Crippen molar-refractivity contribution in [1.82, 2.24) is 5.32 Å². The number of carbonyl (C=O) groups is 1. The second-order valence-electron chi connectivity index (χ2n) is 3.29. The van der Waals surface area contributed by atoms with Crippen LogP contribution in [-0.2, 0) is 9.53 Å². The molecule has 0 aromatic heterocycles. The minimum atomic E-state index is -0.349. The number of rotatable bonds is 2. The summed E-state index contributed by atoms with van der Waals surface area (Å²) in [5.74, 6) is -0.0103. The van der Waals surface area contributed by atoms with Gasteiger partial charge in [0, 0.05) is 11.6 Å². The Labute approximate surface area is 92.9 Å². The van der Waals surface area contributed by atoms with Crippen LogP contribution in [0.5, 0.6) is 0 Å². The molecule has 0 aliphatic carbocycles. The molecule has 1 aliphatic heterocycles. The van der Waals surface area contributed by atoms with Gasteiger partial charge in [0.2, 0.25) is 0 Å². The molecule has 0 saturated carbocycles. The number of ether oxygens (including phenoxy) is 1. The van der Waals surface area contributed by atoms with Gasteiger partial charge in [0.05, 0.1) is 7.11 Å². The largest absolute Gasteiger partial charge is 0.505 e. The number of benzene rings is 1. The molecule has 0 saturated heterocycles. The summed E-state index contributed by atoms with van der Waals surface area (Å²) in [5, 5.41) is 12.1. The van der Waals surface area contributed by atoms with Gasteiger partial charge >= 0.3 is 0 Å². The number of amides is 1. The third-order valence-electron chi connectivity index (χ3n) is 2.24. The second kappa shape index (κ2) is 4.10. The minimum absolute atomic E-state index is 0.106. The molecule has 4 heteroatoms. The zero-order chi connectivity index (χ0) is 11.5. The van der Waals surface area contributed by atoms with Crippen molar-refractivity contribution < 1.29 is 14.6 Å². The third-order valence-corrected chi connectivity index (χ3v) is 2.24. The van der Waals surface area contributed by atoms with Crippen molar-refractivity contribution in [2.75, 3.05) is 7.11 Å². The van der Waals surface area contributed by atoms with Gasteiger partial charge in [0.15, 0.2) is 5.76 Å². The van der Waals surface area contributed by atoms with Crippen LogP contribution >= 0.6 is 0 Å². The first-order valence-corrected chi connectivity index (χ1v) is 4.78. The van der Waals surface area contributed by atoms with Gasteiger partial charge in [-0.3, -0.25) is 4.79 Å². The van der Waals surface area contributed by atoms with Crippen LogP contribution in [0.3, 0.4) is 0 Å². The highest BCUT2D eigenvalue weighted by molar-refractivity contribution is 5.96. The normalized spacial score (nSPS) is 17.8.